The number of hydrogen-bond acceptors (Lipinski definition) is 7. The van der Waals surface area contributed by atoms with E-state index in [4.69, 9.17) is 15.1 Å². The maximum absolute atomic E-state index is 12.6. The Morgan fingerprint density at radius 1 is 1.27 bits per heavy atom. The van der Waals surface area contributed by atoms with Crippen LogP contribution in [0.1, 0.15) is 28.8 Å². The van der Waals surface area contributed by atoms with Crippen molar-refractivity contribution in [2.75, 3.05) is 25.2 Å². The predicted octanol–water partition coefficient (Wildman–Crippen LogP) is -0.769. The van der Waals surface area contributed by atoms with Crippen molar-refractivity contribution in [2.45, 2.75) is 24.5 Å². The molecule has 2 atom stereocenters. The van der Waals surface area contributed by atoms with Crippen LogP contribution in [0.15, 0.2) is 24.3 Å². The van der Waals surface area contributed by atoms with Gasteiger partial charge in [0.05, 0.1) is 18.1 Å². The lowest BCUT2D eigenvalue weighted by atomic mass is 9.92. The molecule has 30 heavy (non-hydrogen) atoms. The number of ether oxygens (including phenoxy) is 1. The molecule has 1 fully saturated rings. The van der Waals surface area contributed by atoms with E-state index in [2.05, 4.69) is 29.0 Å². The molecule has 1 aromatic carbocycles. The number of rotatable bonds is 6. The Kier molecular flexibility index (Phi) is 7.98. The van der Waals surface area contributed by atoms with E-state index >= 15 is 0 Å². The van der Waals surface area contributed by atoms with Gasteiger partial charge in [0.1, 0.15) is 11.6 Å². The number of nitrogens with one attached hydrogen (secondary N) is 2. The fourth-order valence-electron chi connectivity index (χ4n) is 3.04. The number of carbonyl (C=O) groups is 2. The van der Waals surface area contributed by atoms with E-state index in [0.717, 1.165) is 0 Å². The van der Waals surface area contributed by atoms with Crippen LogP contribution in [0.3, 0.4) is 0 Å². The minimum absolute atomic E-state index is 0.00392. The number of hydrogen-bond donors (Lipinski definition) is 4. The van der Waals surface area contributed by atoms with Crippen LogP contribution >= 0.6 is 0 Å². The first kappa shape index (κ1) is 23.4. The second-order valence-electron chi connectivity index (χ2n) is 6.60. The summed E-state index contributed by atoms with van der Waals surface area (Å²) in [5.74, 6) is 8.38. The molecule has 0 unspecified atom stereocenters. The van der Waals surface area contributed by atoms with Crippen molar-refractivity contribution in [1.82, 2.24) is 10.8 Å². The summed E-state index contributed by atoms with van der Waals surface area (Å²) >= 11 is 0. The molecule has 4 N–H and O–H groups in total. The van der Waals surface area contributed by atoms with Crippen molar-refractivity contribution < 1.29 is 33.1 Å². The molecule has 9 nitrogen and oxygen atoms in total. The lowest BCUT2D eigenvalue weighted by molar-refractivity contribution is -0.139. The van der Waals surface area contributed by atoms with Crippen molar-refractivity contribution >= 4 is 21.7 Å². The Morgan fingerprint density at radius 2 is 1.97 bits per heavy atom. The van der Waals surface area contributed by atoms with Gasteiger partial charge in [0, 0.05) is 24.7 Å². The van der Waals surface area contributed by atoms with Gasteiger partial charge in [0.25, 0.3) is 11.8 Å². The van der Waals surface area contributed by atoms with Gasteiger partial charge in [-0.15, -0.1) is 0 Å². The molecule has 2 amide bonds. The molecule has 1 heterocycles. The number of aliphatic hydroxyl groups excluding tert-OH is 1. The van der Waals surface area contributed by atoms with Gasteiger partial charge in [-0.2, -0.15) is 0 Å². The average Bonchev–Trinajstić information content (AvgIpc) is 3.07. The summed E-state index contributed by atoms with van der Waals surface area (Å²) in [5.41, 5.74) is 0.776. The van der Waals surface area contributed by atoms with Crippen LogP contribution in [-0.4, -0.2) is 67.4 Å². The number of aliphatic hydroxyl groups is 1. The third kappa shape index (κ3) is 5.81. The third-order valence-electron chi connectivity index (χ3n) is 4.62. The van der Waals surface area contributed by atoms with Crippen molar-refractivity contribution in [1.29, 1.82) is 0 Å². The first-order valence-electron chi connectivity index (χ1n) is 8.97. The van der Waals surface area contributed by atoms with Gasteiger partial charge in [-0.25, -0.2) is 13.9 Å². The number of sulfone groups is 1. The lowest BCUT2D eigenvalue weighted by Crippen LogP contribution is -2.61. The minimum Gasteiger partial charge on any atom is -0.395 e. The predicted molar refractivity (Wildman–Crippen MR) is 107 cm³/mol. The molecule has 0 radical (unpaired) electrons. The van der Waals surface area contributed by atoms with Crippen molar-refractivity contribution in [2.24, 2.45) is 0 Å². The number of amides is 2. The van der Waals surface area contributed by atoms with Gasteiger partial charge in [0.15, 0.2) is 9.84 Å². The fraction of sp³-hybridized carbons (Fsp3) is 0.400. The number of hydroxylamine groups is 1. The summed E-state index contributed by atoms with van der Waals surface area (Å²) in [7, 11) is -2.20. The van der Waals surface area contributed by atoms with E-state index < -0.39 is 39.0 Å². The zero-order chi connectivity index (χ0) is 22.2. The highest BCUT2D eigenvalue weighted by atomic mass is 32.2. The SMILES string of the molecule is CO[C@@]1([C@H](NC(=O)c2ccc(C#CC#CCCO)cc2)C(=O)NO)CCS(=O)(=O)C1. The number of carbonyl (C=O) groups excluding carboxylic acids is 2. The Morgan fingerprint density at radius 3 is 2.50 bits per heavy atom. The lowest BCUT2D eigenvalue weighted by Gasteiger charge is -2.34. The van der Waals surface area contributed by atoms with Gasteiger partial charge in [-0.3, -0.25) is 14.8 Å². The molecule has 160 valence electrons. The molecule has 0 aromatic heterocycles. The largest absolute Gasteiger partial charge is 0.395 e. The molecule has 10 heteroatoms. The standard InChI is InChI=1S/C20H22N2O7S/c1-29-20(11-13-30(27,28)14-20)17(19(25)22-26)21-18(24)16-9-7-15(8-10-16)6-4-2-3-5-12-23/h7-10,17,23,26H,5,11-14H2,1H3,(H,21,24)(H,22,25)/t17-,20+/m1/s1. The van der Waals surface area contributed by atoms with Crippen molar-refractivity contribution in [3.8, 4) is 23.7 Å². The second kappa shape index (κ2) is 10.2. The molecular formula is C20H22N2O7S. The van der Waals surface area contributed by atoms with E-state index in [-0.39, 0.29) is 24.3 Å². The zero-order valence-electron chi connectivity index (χ0n) is 16.3. The quantitative estimate of drug-likeness (QED) is 0.262. The van der Waals surface area contributed by atoms with Gasteiger partial charge in [-0.05, 0) is 42.5 Å². The average molecular weight is 434 g/mol. The molecule has 0 saturated carbocycles. The van der Waals surface area contributed by atoms with Crippen LogP contribution < -0.4 is 10.8 Å². The number of methoxy groups -OCH3 is 1. The van der Waals surface area contributed by atoms with E-state index in [1.807, 2.05) is 0 Å². The normalized spacial score (nSPS) is 20.1. The van der Waals surface area contributed by atoms with E-state index in [9.17, 15) is 18.0 Å². The van der Waals surface area contributed by atoms with Crippen LogP contribution in [0.5, 0.6) is 0 Å². The molecular weight excluding hydrogens is 412 g/mol. The van der Waals surface area contributed by atoms with Crippen LogP contribution in [0.25, 0.3) is 0 Å². The molecule has 0 bridgehead atoms. The first-order chi connectivity index (χ1) is 14.3. The van der Waals surface area contributed by atoms with Crippen LogP contribution in [0, 0.1) is 23.7 Å². The summed E-state index contributed by atoms with van der Waals surface area (Å²) in [6, 6.07) is 4.73. The van der Waals surface area contributed by atoms with E-state index in [1.165, 1.54) is 24.7 Å². The van der Waals surface area contributed by atoms with Gasteiger partial charge >= 0.3 is 0 Å². The Balaban J connectivity index is 2.18. The molecule has 1 aliphatic rings. The minimum atomic E-state index is -3.45. The molecule has 1 aromatic rings. The van der Waals surface area contributed by atoms with E-state index in [1.54, 1.807) is 12.1 Å². The van der Waals surface area contributed by atoms with Gasteiger partial charge in [0.2, 0.25) is 0 Å². The highest BCUT2D eigenvalue weighted by Crippen LogP contribution is 2.30. The molecule has 2 rings (SSSR count). The topological polar surface area (TPSA) is 142 Å². The van der Waals surface area contributed by atoms with Crippen molar-refractivity contribution in [3.63, 3.8) is 0 Å². The summed E-state index contributed by atoms with van der Waals surface area (Å²) < 4.78 is 29.2. The third-order valence-corrected chi connectivity index (χ3v) is 6.38. The number of benzene rings is 1. The monoisotopic (exact) mass is 434 g/mol. The second-order valence-corrected chi connectivity index (χ2v) is 8.78. The fourth-order valence-corrected chi connectivity index (χ4v) is 5.01. The first-order valence-corrected chi connectivity index (χ1v) is 10.8. The Bertz CT molecular complexity index is 1010. The molecule has 0 spiro atoms. The smallest absolute Gasteiger partial charge is 0.268 e. The van der Waals surface area contributed by atoms with Crippen molar-refractivity contribution in [3.05, 3.63) is 35.4 Å². The summed E-state index contributed by atoms with van der Waals surface area (Å²) in [6.45, 7) is -0.0376. The van der Waals surface area contributed by atoms with Gasteiger partial charge < -0.3 is 15.2 Å². The van der Waals surface area contributed by atoms with Gasteiger partial charge in [-0.1, -0.05) is 11.8 Å². The summed E-state index contributed by atoms with van der Waals surface area (Å²) in [6.07, 6.45) is 0.330. The highest BCUT2D eigenvalue weighted by Gasteiger charge is 2.52. The molecule has 1 saturated heterocycles. The zero-order valence-corrected chi connectivity index (χ0v) is 17.1. The van der Waals surface area contributed by atoms with Crippen LogP contribution in [0.4, 0.5) is 0 Å². The molecule has 1 aliphatic heterocycles. The van der Waals surface area contributed by atoms with E-state index in [0.29, 0.717) is 12.0 Å². The molecule has 0 aliphatic carbocycles. The maximum Gasteiger partial charge on any atom is 0.268 e. The highest BCUT2D eigenvalue weighted by molar-refractivity contribution is 7.91. The van der Waals surface area contributed by atoms with Crippen LogP contribution in [0.2, 0.25) is 0 Å². The summed E-state index contributed by atoms with van der Waals surface area (Å²) in [4.78, 5) is 24.8. The maximum atomic E-state index is 12.6. The summed E-state index contributed by atoms with van der Waals surface area (Å²) in [5, 5.41) is 20.2. The van der Waals surface area contributed by atoms with Crippen LogP contribution in [-0.2, 0) is 19.4 Å². The Hall–Kier alpha value is -2.89. The Labute approximate surface area is 174 Å².